The van der Waals surface area contributed by atoms with Crippen molar-refractivity contribution < 1.29 is 0 Å². The van der Waals surface area contributed by atoms with Gasteiger partial charge in [0.1, 0.15) is 0 Å². The van der Waals surface area contributed by atoms with Crippen LogP contribution in [0.5, 0.6) is 0 Å². The third-order valence-electron chi connectivity index (χ3n) is 3.61. The van der Waals surface area contributed by atoms with Gasteiger partial charge in [-0.05, 0) is 37.1 Å². The highest BCUT2D eigenvalue weighted by Gasteiger charge is 2.23. The van der Waals surface area contributed by atoms with Crippen LogP contribution in [0.2, 0.25) is 0 Å². The second-order valence-corrected chi connectivity index (χ2v) is 5.98. The highest BCUT2D eigenvalue weighted by Crippen LogP contribution is 2.20. The third kappa shape index (κ3) is 2.85. The Morgan fingerprint density at radius 1 is 1.11 bits per heavy atom. The summed E-state index contributed by atoms with van der Waals surface area (Å²) in [4.78, 5) is 0. The average molecular weight is 262 g/mol. The van der Waals surface area contributed by atoms with Crippen molar-refractivity contribution in [2.75, 3.05) is 0 Å². The van der Waals surface area contributed by atoms with E-state index in [1.54, 1.807) is 0 Å². The molecule has 0 aliphatic carbocycles. The molecule has 0 aliphatic heterocycles. The fourth-order valence-corrected chi connectivity index (χ4v) is 1.99. The number of nitrogens with one attached hydrogen (secondary N) is 1. The van der Waals surface area contributed by atoms with Crippen LogP contribution in [0.1, 0.15) is 26.3 Å². The summed E-state index contributed by atoms with van der Waals surface area (Å²) in [6, 6.07) is 14.9. The first-order valence-corrected chi connectivity index (χ1v) is 6.80. The van der Waals surface area contributed by atoms with Gasteiger partial charge >= 0.3 is 0 Å². The Morgan fingerprint density at radius 3 is 2.50 bits per heavy atom. The van der Waals surface area contributed by atoms with Gasteiger partial charge in [0.25, 0.3) is 0 Å². The summed E-state index contributed by atoms with van der Waals surface area (Å²) >= 11 is 6.19. The lowest BCUT2D eigenvalue weighted by Gasteiger charge is -2.29. The first kappa shape index (κ1) is 13.4. The lowest BCUT2D eigenvalue weighted by atomic mass is 9.99. The molecule has 0 bridgehead atoms. The molecule has 2 aromatic carbocycles. The Hall–Kier alpha value is -1.05. The number of fused-ring (bicyclic) bond motifs is 1. The summed E-state index contributed by atoms with van der Waals surface area (Å²) < 4.78 is 0. The number of rotatable bonds is 4. The number of hydrogen-bond donors (Lipinski definition) is 1. The number of alkyl halides is 1. The van der Waals surface area contributed by atoms with E-state index in [9.17, 15) is 0 Å². The fraction of sp³-hybridized carbons (Fsp3) is 0.375. The number of hydrogen-bond acceptors (Lipinski definition) is 1. The van der Waals surface area contributed by atoms with Gasteiger partial charge in [0.15, 0.2) is 0 Å². The molecule has 0 saturated heterocycles. The zero-order valence-electron chi connectivity index (χ0n) is 11.2. The van der Waals surface area contributed by atoms with E-state index < -0.39 is 0 Å². The first-order chi connectivity index (χ1) is 8.50. The molecule has 0 radical (unpaired) electrons. The van der Waals surface area contributed by atoms with Gasteiger partial charge < -0.3 is 5.32 Å². The van der Waals surface area contributed by atoms with Gasteiger partial charge in [-0.3, -0.25) is 0 Å². The molecule has 0 saturated carbocycles. The molecule has 0 spiro atoms. The maximum atomic E-state index is 6.19. The van der Waals surface area contributed by atoms with E-state index in [1.165, 1.54) is 16.3 Å². The summed E-state index contributed by atoms with van der Waals surface area (Å²) in [5.74, 6) is 0. The molecular weight excluding hydrogens is 242 g/mol. The Morgan fingerprint density at radius 2 is 1.78 bits per heavy atom. The van der Waals surface area contributed by atoms with Crippen molar-refractivity contribution in [3.8, 4) is 0 Å². The van der Waals surface area contributed by atoms with E-state index in [0.29, 0.717) is 0 Å². The normalized spacial score (nSPS) is 13.8. The van der Waals surface area contributed by atoms with Gasteiger partial charge in [-0.1, -0.05) is 42.5 Å². The van der Waals surface area contributed by atoms with Gasteiger partial charge in [-0.25, -0.2) is 0 Å². The van der Waals surface area contributed by atoms with Crippen LogP contribution in [0.4, 0.5) is 0 Å². The maximum absolute atomic E-state index is 6.19. The molecule has 0 fully saturated rings. The first-order valence-electron chi connectivity index (χ1n) is 6.36. The summed E-state index contributed by atoms with van der Waals surface area (Å²) in [6.45, 7) is 7.13. The molecule has 2 aromatic rings. The Bertz CT molecular complexity index is 526. The van der Waals surface area contributed by atoms with Crippen molar-refractivity contribution in [2.24, 2.45) is 0 Å². The molecule has 0 amide bonds. The highest BCUT2D eigenvalue weighted by atomic mass is 35.5. The topological polar surface area (TPSA) is 12.0 Å². The SMILES string of the molecule is CC(Cl)C(C)(C)NCc1cccc2ccccc12. The number of halogens is 1. The van der Waals surface area contributed by atoms with Crippen LogP contribution in [-0.4, -0.2) is 10.9 Å². The molecule has 2 heteroatoms. The van der Waals surface area contributed by atoms with E-state index in [2.05, 4.69) is 61.6 Å². The predicted molar refractivity (Wildman–Crippen MR) is 80.2 cm³/mol. The second-order valence-electron chi connectivity index (χ2n) is 5.33. The van der Waals surface area contributed by atoms with Crippen LogP contribution in [0.15, 0.2) is 42.5 Å². The van der Waals surface area contributed by atoms with E-state index in [1.807, 2.05) is 6.92 Å². The molecular formula is C16H20ClN. The largest absolute Gasteiger partial charge is 0.306 e. The quantitative estimate of drug-likeness (QED) is 0.808. The monoisotopic (exact) mass is 261 g/mol. The van der Waals surface area contributed by atoms with Crippen LogP contribution in [0.3, 0.4) is 0 Å². The van der Waals surface area contributed by atoms with Gasteiger partial charge in [0.2, 0.25) is 0 Å². The minimum Gasteiger partial charge on any atom is -0.306 e. The summed E-state index contributed by atoms with van der Waals surface area (Å²) in [5, 5.41) is 6.22. The lowest BCUT2D eigenvalue weighted by molar-refractivity contribution is 0.381. The summed E-state index contributed by atoms with van der Waals surface area (Å²) in [7, 11) is 0. The van der Waals surface area contributed by atoms with Gasteiger partial charge in [0.05, 0.1) is 0 Å². The zero-order valence-corrected chi connectivity index (χ0v) is 12.0. The minimum atomic E-state index is -0.0709. The van der Waals surface area contributed by atoms with Crippen molar-refractivity contribution >= 4 is 22.4 Å². The maximum Gasteiger partial charge on any atom is 0.0484 e. The Balaban J connectivity index is 2.22. The van der Waals surface area contributed by atoms with Crippen LogP contribution in [0.25, 0.3) is 10.8 Å². The van der Waals surface area contributed by atoms with Crippen molar-refractivity contribution in [1.29, 1.82) is 0 Å². The van der Waals surface area contributed by atoms with E-state index >= 15 is 0 Å². The smallest absolute Gasteiger partial charge is 0.0484 e. The van der Waals surface area contributed by atoms with Crippen molar-refractivity contribution in [2.45, 2.75) is 38.2 Å². The summed E-state index contributed by atoms with van der Waals surface area (Å²) in [5.41, 5.74) is 1.25. The molecule has 1 nitrogen and oxygen atoms in total. The van der Waals surface area contributed by atoms with Crippen molar-refractivity contribution in [1.82, 2.24) is 5.32 Å². The molecule has 0 heterocycles. The highest BCUT2D eigenvalue weighted by molar-refractivity contribution is 6.21. The van der Waals surface area contributed by atoms with Gasteiger partial charge in [-0.15, -0.1) is 11.6 Å². The van der Waals surface area contributed by atoms with Crippen LogP contribution in [-0.2, 0) is 6.54 Å². The van der Waals surface area contributed by atoms with Crippen molar-refractivity contribution in [3.05, 3.63) is 48.0 Å². The van der Waals surface area contributed by atoms with E-state index in [-0.39, 0.29) is 10.9 Å². The molecule has 0 aromatic heterocycles. The number of benzene rings is 2. The van der Waals surface area contributed by atoms with Gasteiger partial charge in [-0.2, -0.15) is 0 Å². The van der Waals surface area contributed by atoms with Crippen LogP contribution < -0.4 is 5.32 Å². The molecule has 1 atom stereocenters. The molecule has 1 N–H and O–H groups in total. The molecule has 2 rings (SSSR count). The molecule has 96 valence electrons. The van der Waals surface area contributed by atoms with Crippen LogP contribution >= 0.6 is 11.6 Å². The van der Waals surface area contributed by atoms with E-state index in [4.69, 9.17) is 11.6 Å². The van der Waals surface area contributed by atoms with Gasteiger partial charge in [0, 0.05) is 17.5 Å². The molecule has 18 heavy (non-hydrogen) atoms. The lowest BCUT2D eigenvalue weighted by Crippen LogP contribution is -2.45. The Labute approximate surface area is 114 Å². The Kier molecular flexibility index (Phi) is 3.94. The fourth-order valence-electron chi connectivity index (χ4n) is 1.91. The molecule has 1 unspecified atom stereocenters. The minimum absolute atomic E-state index is 0.0709. The molecule has 0 aliphatic rings. The van der Waals surface area contributed by atoms with Crippen molar-refractivity contribution in [3.63, 3.8) is 0 Å². The third-order valence-corrected chi connectivity index (χ3v) is 4.15. The zero-order chi connectivity index (χ0) is 13.2. The van der Waals surface area contributed by atoms with Crippen LogP contribution in [0, 0.1) is 0 Å². The average Bonchev–Trinajstić information content (AvgIpc) is 2.36. The summed E-state index contributed by atoms with van der Waals surface area (Å²) in [6.07, 6.45) is 0. The predicted octanol–water partition coefficient (Wildman–Crippen LogP) is 4.34. The standard InChI is InChI=1S/C16H20ClN/c1-12(17)16(2,3)18-11-14-9-6-8-13-7-4-5-10-15(13)14/h4-10,12,18H,11H2,1-3H3. The van der Waals surface area contributed by atoms with E-state index in [0.717, 1.165) is 6.54 Å². The second kappa shape index (κ2) is 5.29.